The second kappa shape index (κ2) is 10.7. The highest BCUT2D eigenvalue weighted by Gasteiger charge is 2.24. The molecule has 0 saturated carbocycles. The third kappa shape index (κ3) is 5.89. The molecule has 2 aromatic carbocycles. The average molecular weight is 413 g/mol. The molecule has 0 spiro atoms. The van der Waals surface area contributed by atoms with Crippen molar-refractivity contribution in [3.8, 4) is 17.2 Å². The minimum atomic E-state index is 0.117. The summed E-state index contributed by atoms with van der Waals surface area (Å²) in [6.07, 6.45) is 1.96. The highest BCUT2D eigenvalue weighted by Crippen LogP contribution is 2.38. The standard InChI is InChI=1S/C25H36N2O3/c1-18(2)17-30-21-9-6-8-20(14-21)25-22-16-24(29-13-7-12-27(3)4)23(28-5)15-19(22)10-11-26-25/h6,8-9,14-16,18,25-26H,7,10-13,17H2,1-5H3. The van der Waals surface area contributed by atoms with Gasteiger partial charge in [0.25, 0.3) is 0 Å². The first-order valence-corrected chi connectivity index (χ1v) is 10.9. The summed E-state index contributed by atoms with van der Waals surface area (Å²) < 4.78 is 17.7. The highest BCUT2D eigenvalue weighted by molar-refractivity contribution is 5.52. The van der Waals surface area contributed by atoms with Crippen molar-refractivity contribution in [3.63, 3.8) is 0 Å². The van der Waals surface area contributed by atoms with Crippen molar-refractivity contribution in [2.24, 2.45) is 5.92 Å². The predicted molar refractivity (Wildman–Crippen MR) is 122 cm³/mol. The molecule has 0 saturated heterocycles. The molecule has 1 N–H and O–H groups in total. The Balaban J connectivity index is 1.83. The maximum absolute atomic E-state index is 6.11. The second-order valence-corrected chi connectivity index (χ2v) is 8.62. The monoisotopic (exact) mass is 412 g/mol. The smallest absolute Gasteiger partial charge is 0.161 e. The normalized spacial score (nSPS) is 15.9. The molecule has 0 aromatic heterocycles. The van der Waals surface area contributed by atoms with Crippen LogP contribution in [0.3, 0.4) is 0 Å². The average Bonchev–Trinajstić information content (AvgIpc) is 2.74. The SMILES string of the molecule is COc1cc2c(cc1OCCCN(C)C)C(c1cccc(OCC(C)C)c1)NCC2. The van der Waals surface area contributed by atoms with Crippen LogP contribution in [0.1, 0.15) is 43.0 Å². The Kier molecular flexibility index (Phi) is 8.00. The molecule has 5 nitrogen and oxygen atoms in total. The molecule has 5 heteroatoms. The van der Waals surface area contributed by atoms with Gasteiger partial charge in [-0.1, -0.05) is 26.0 Å². The van der Waals surface area contributed by atoms with Crippen molar-refractivity contribution in [3.05, 3.63) is 53.1 Å². The van der Waals surface area contributed by atoms with Gasteiger partial charge in [0.2, 0.25) is 0 Å². The fourth-order valence-electron chi connectivity index (χ4n) is 3.74. The number of hydrogen-bond donors (Lipinski definition) is 1. The van der Waals surface area contributed by atoms with Crippen LogP contribution in [0.25, 0.3) is 0 Å². The lowest BCUT2D eigenvalue weighted by Gasteiger charge is -2.29. The molecule has 2 aromatic rings. The number of benzene rings is 2. The van der Waals surface area contributed by atoms with Gasteiger partial charge in [0.15, 0.2) is 11.5 Å². The molecule has 0 bridgehead atoms. The molecule has 0 amide bonds. The predicted octanol–water partition coefficient (Wildman–Crippen LogP) is 4.30. The first kappa shape index (κ1) is 22.4. The Morgan fingerprint density at radius 2 is 1.93 bits per heavy atom. The van der Waals surface area contributed by atoms with Crippen LogP contribution in [-0.4, -0.2) is 52.4 Å². The largest absolute Gasteiger partial charge is 0.493 e. The van der Waals surface area contributed by atoms with Crippen LogP contribution < -0.4 is 19.5 Å². The van der Waals surface area contributed by atoms with E-state index in [2.05, 4.69) is 68.5 Å². The molecule has 1 aliphatic rings. The van der Waals surface area contributed by atoms with Crippen LogP contribution in [0, 0.1) is 5.92 Å². The van der Waals surface area contributed by atoms with E-state index in [1.54, 1.807) is 7.11 Å². The number of nitrogens with zero attached hydrogens (tertiary/aromatic N) is 1. The fraction of sp³-hybridized carbons (Fsp3) is 0.520. The Morgan fingerprint density at radius 3 is 2.67 bits per heavy atom. The van der Waals surface area contributed by atoms with Gasteiger partial charge in [-0.15, -0.1) is 0 Å². The van der Waals surface area contributed by atoms with E-state index in [1.807, 2.05) is 6.07 Å². The fourth-order valence-corrected chi connectivity index (χ4v) is 3.74. The number of fused-ring (bicyclic) bond motifs is 1. The summed E-state index contributed by atoms with van der Waals surface area (Å²) in [4.78, 5) is 2.17. The zero-order valence-electron chi connectivity index (χ0n) is 19.0. The van der Waals surface area contributed by atoms with Gasteiger partial charge in [-0.25, -0.2) is 0 Å². The van der Waals surface area contributed by atoms with Crippen molar-refractivity contribution < 1.29 is 14.2 Å². The summed E-state index contributed by atoms with van der Waals surface area (Å²) in [7, 11) is 5.87. The highest BCUT2D eigenvalue weighted by atomic mass is 16.5. The van der Waals surface area contributed by atoms with E-state index in [4.69, 9.17) is 14.2 Å². The van der Waals surface area contributed by atoms with Crippen LogP contribution in [0.5, 0.6) is 17.2 Å². The minimum absolute atomic E-state index is 0.117. The Bertz CT molecular complexity index is 820. The summed E-state index contributed by atoms with van der Waals surface area (Å²) in [5, 5.41) is 3.67. The molecule has 30 heavy (non-hydrogen) atoms. The van der Waals surface area contributed by atoms with Crippen molar-refractivity contribution in [1.29, 1.82) is 0 Å². The zero-order chi connectivity index (χ0) is 21.5. The van der Waals surface area contributed by atoms with Gasteiger partial charge in [-0.05, 0) is 73.8 Å². The van der Waals surface area contributed by atoms with Crippen LogP contribution in [0.15, 0.2) is 36.4 Å². The van der Waals surface area contributed by atoms with Crippen LogP contribution in [0.4, 0.5) is 0 Å². The van der Waals surface area contributed by atoms with Gasteiger partial charge in [-0.2, -0.15) is 0 Å². The number of ether oxygens (including phenoxy) is 3. The quantitative estimate of drug-likeness (QED) is 0.590. The lowest BCUT2D eigenvalue weighted by atomic mass is 9.89. The minimum Gasteiger partial charge on any atom is -0.493 e. The molecular formula is C25H36N2O3. The number of hydrogen-bond acceptors (Lipinski definition) is 5. The molecule has 1 aliphatic heterocycles. The summed E-state index contributed by atoms with van der Waals surface area (Å²) in [6.45, 7) is 7.65. The second-order valence-electron chi connectivity index (χ2n) is 8.62. The van der Waals surface area contributed by atoms with Gasteiger partial charge in [0.05, 0.1) is 26.4 Å². The Morgan fingerprint density at radius 1 is 1.10 bits per heavy atom. The first-order chi connectivity index (χ1) is 14.5. The Hall–Kier alpha value is -2.24. The van der Waals surface area contributed by atoms with Crippen LogP contribution in [-0.2, 0) is 6.42 Å². The van der Waals surface area contributed by atoms with Gasteiger partial charge < -0.3 is 24.4 Å². The lowest BCUT2D eigenvalue weighted by Crippen LogP contribution is -2.30. The summed E-state index contributed by atoms with van der Waals surface area (Å²) in [5.74, 6) is 3.05. The maximum Gasteiger partial charge on any atom is 0.161 e. The van der Waals surface area contributed by atoms with E-state index >= 15 is 0 Å². The van der Waals surface area contributed by atoms with E-state index in [1.165, 1.54) is 16.7 Å². The van der Waals surface area contributed by atoms with Crippen molar-refractivity contribution in [2.75, 3.05) is 47.5 Å². The van der Waals surface area contributed by atoms with Gasteiger partial charge >= 0.3 is 0 Å². The van der Waals surface area contributed by atoms with E-state index in [-0.39, 0.29) is 6.04 Å². The number of methoxy groups -OCH3 is 1. The van der Waals surface area contributed by atoms with Gasteiger partial charge in [0.1, 0.15) is 5.75 Å². The maximum atomic E-state index is 6.11. The van der Waals surface area contributed by atoms with E-state index in [0.29, 0.717) is 12.5 Å². The molecular weight excluding hydrogens is 376 g/mol. The molecule has 0 aliphatic carbocycles. The number of rotatable bonds is 10. The molecule has 1 heterocycles. The molecule has 0 fully saturated rings. The molecule has 1 atom stereocenters. The van der Waals surface area contributed by atoms with E-state index < -0.39 is 0 Å². The first-order valence-electron chi connectivity index (χ1n) is 10.9. The van der Waals surface area contributed by atoms with Crippen LogP contribution >= 0.6 is 0 Å². The summed E-state index contributed by atoms with van der Waals surface area (Å²) >= 11 is 0. The summed E-state index contributed by atoms with van der Waals surface area (Å²) in [5.41, 5.74) is 3.77. The van der Waals surface area contributed by atoms with Gasteiger partial charge in [-0.3, -0.25) is 0 Å². The van der Waals surface area contributed by atoms with E-state index in [9.17, 15) is 0 Å². The van der Waals surface area contributed by atoms with Gasteiger partial charge in [0, 0.05) is 13.1 Å². The zero-order valence-corrected chi connectivity index (χ0v) is 19.0. The lowest BCUT2D eigenvalue weighted by molar-refractivity contribution is 0.267. The molecule has 1 unspecified atom stereocenters. The van der Waals surface area contributed by atoms with Crippen LogP contribution in [0.2, 0.25) is 0 Å². The van der Waals surface area contributed by atoms with Crippen molar-refractivity contribution in [1.82, 2.24) is 10.2 Å². The molecule has 0 radical (unpaired) electrons. The van der Waals surface area contributed by atoms with Crippen molar-refractivity contribution in [2.45, 2.75) is 32.7 Å². The van der Waals surface area contributed by atoms with E-state index in [0.717, 1.165) is 49.8 Å². The van der Waals surface area contributed by atoms with Crippen molar-refractivity contribution >= 4 is 0 Å². The third-order valence-electron chi connectivity index (χ3n) is 5.26. The third-order valence-corrected chi connectivity index (χ3v) is 5.26. The molecule has 164 valence electrons. The Labute approximate surface area is 181 Å². The topological polar surface area (TPSA) is 43.0 Å². The molecule has 3 rings (SSSR count). The number of nitrogens with one attached hydrogen (secondary N) is 1. The summed E-state index contributed by atoms with van der Waals surface area (Å²) in [6, 6.07) is 12.8.